The molecule has 0 spiro atoms. The standard InChI is InChI=1S/C14H10O5S/c15-8-10-1-3-11(4-2-10)12-5-6-13(9-16)14(7-12)20(17,18)19/h1-9H,(H,17,18,19). The predicted molar refractivity (Wildman–Crippen MR) is 72.5 cm³/mol. The first-order valence-electron chi connectivity index (χ1n) is 5.58. The van der Waals surface area contributed by atoms with Gasteiger partial charge in [0, 0.05) is 11.1 Å². The van der Waals surface area contributed by atoms with Crippen molar-refractivity contribution in [3.63, 3.8) is 0 Å². The molecule has 0 radical (unpaired) electrons. The lowest BCUT2D eigenvalue weighted by Gasteiger charge is -2.06. The quantitative estimate of drug-likeness (QED) is 0.689. The molecule has 6 heteroatoms. The Balaban J connectivity index is 2.58. The van der Waals surface area contributed by atoms with Crippen LogP contribution in [-0.4, -0.2) is 25.5 Å². The van der Waals surface area contributed by atoms with Crippen molar-refractivity contribution < 1.29 is 22.6 Å². The van der Waals surface area contributed by atoms with E-state index in [1.165, 1.54) is 12.1 Å². The van der Waals surface area contributed by atoms with Crippen molar-refractivity contribution in [1.29, 1.82) is 0 Å². The van der Waals surface area contributed by atoms with Gasteiger partial charge in [-0.05, 0) is 23.3 Å². The topological polar surface area (TPSA) is 88.5 Å². The van der Waals surface area contributed by atoms with Gasteiger partial charge in [-0.3, -0.25) is 14.1 Å². The van der Waals surface area contributed by atoms with Gasteiger partial charge in [-0.15, -0.1) is 0 Å². The Morgan fingerprint density at radius 3 is 1.95 bits per heavy atom. The van der Waals surface area contributed by atoms with Crippen LogP contribution in [0, 0.1) is 0 Å². The number of benzene rings is 2. The highest BCUT2D eigenvalue weighted by Crippen LogP contribution is 2.25. The second-order valence-electron chi connectivity index (χ2n) is 4.09. The molecule has 2 rings (SSSR count). The Morgan fingerprint density at radius 1 is 0.850 bits per heavy atom. The molecule has 2 aromatic carbocycles. The van der Waals surface area contributed by atoms with Crippen molar-refractivity contribution in [2.45, 2.75) is 4.90 Å². The highest BCUT2D eigenvalue weighted by atomic mass is 32.2. The number of carbonyl (C=O) groups is 2. The van der Waals surface area contributed by atoms with Crippen LogP contribution in [0.25, 0.3) is 11.1 Å². The van der Waals surface area contributed by atoms with Crippen LogP contribution in [0.1, 0.15) is 20.7 Å². The monoisotopic (exact) mass is 290 g/mol. The maximum Gasteiger partial charge on any atom is 0.295 e. The summed E-state index contributed by atoms with van der Waals surface area (Å²) in [5.74, 6) is 0. The van der Waals surface area contributed by atoms with Gasteiger partial charge in [-0.25, -0.2) is 0 Å². The van der Waals surface area contributed by atoms with Crippen LogP contribution < -0.4 is 0 Å². The molecule has 0 saturated carbocycles. The van der Waals surface area contributed by atoms with Crippen molar-refractivity contribution in [3.05, 3.63) is 53.6 Å². The Labute approximate surface area is 115 Å². The van der Waals surface area contributed by atoms with Gasteiger partial charge in [0.25, 0.3) is 10.1 Å². The van der Waals surface area contributed by atoms with Crippen molar-refractivity contribution in [3.8, 4) is 11.1 Å². The van der Waals surface area contributed by atoms with E-state index < -0.39 is 15.0 Å². The summed E-state index contributed by atoms with van der Waals surface area (Å²) in [6.45, 7) is 0. The highest BCUT2D eigenvalue weighted by Gasteiger charge is 2.16. The molecule has 0 saturated heterocycles. The molecule has 1 N–H and O–H groups in total. The molecule has 0 bridgehead atoms. The maximum atomic E-state index is 11.2. The minimum Gasteiger partial charge on any atom is -0.298 e. The van der Waals surface area contributed by atoms with Crippen molar-refractivity contribution in [1.82, 2.24) is 0 Å². The fourth-order valence-electron chi connectivity index (χ4n) is 1.79. The van der Waals surface area contributed by atoms with Crippen LogP contribution in [0.4, 0.5) is 0 Å². The van der Waals surface area contributed by atoms with Gasteiger partial charge in [0.15, 0.2) is 6.29 Å². The molecule has 0 aliphatic heterocycles. The molecular formula is C14H10O5S. The van der Waals surface area contributed by atoms with E-state index in [0.717, 1.165) is 0 Å². The molecule has 0 aliphatic carbocycles. The van der Waals surface area contributed by atoms with Gasteiger partial charge < -0.3 is 0 Å². The zero-order chi connectivity index (χ0) is 14.8. The molecule has 0 aromatic heterocycles. The van der Waals surface area contributed by atoms with Gasteiger partial charge in [0.05, 0.1) is 0 Å². The Hall–Kier alpha value is -2.31. The molecule has 0 amide bonds. The second-order valence-corrected chi connectivity index (χ2v) is 5.48. The molecule has 0 atom stereocenters. The van der Waals surface area contributed by atoms with Crippen LogP contribution in [0.5, 0.6) is 0 Å². The van der Waals surface area contributed by atoms with E-state index in [1.54, 1.807) is 30.3 Å². The van der Waals surface area contributed by atoms with Crippen LogP contribution in [-0.2, 0) is 10.1 Å². The van der Waals surface area contributed by atoms with E-state index in [-0.39, 0.29) is 5.56 Å². The minimum atomic E-state index is -4.48. The second kappa shape index (κ2) is 5.36. The van der Waals surface area contributed by atoms with Crippen LogP contribution in [0.15, 0.2) is 47.4 Å². The summed E-state index contributed by atoms with van der Waals surface area (Å²) >= 11 is 0. The van der Waals surface area contributed by atoms with E-state index in [9.17, 15) is 18.0 Å². The van der Waals surface area contributed by atoms with Gasteiger partial charge in [0.1, 0.15) is 11.2 Å². The Morgan fingerprint density at radius 2 is 1.45 bits per heavy atom. The lowest BCUT2D eigenvalue weighted by Crippen LogP contribution is -2.03. The van der Waals surface area contributed by atoms with E-state index in [4.69, 9.17) is 4.55 Å². The van der Waals surface area contributed by atoms with E-state index in [1.807, 2.05) is 0 Å². The summed E-state index contributed by atoms with van der Waals surface area (Å²) in [4.78, 5) is 20.9. The molecule has 5 nitrogen and oxygen atoms in total. The minimum absolute atomic E-state index is 0.110. The van der Waals surface area contributed by atoms with Crippen LogP contribution in [0.2, 0.25) is 0 Å². The first-order chi connectivity index (χ1) is 9.45. The summed E-state index contributed by atoms with van der Waals surface area (Å²) < 4.78 is 31.6. The van der Waals surface area contributed by atoms with Gasteiger partial charge in [-0.1, -0.05) is 30.3 Å². The lowest BCUT2D eigenvalue weighted by molar-refractivity contribution is 0.111. The normalized spacial score (nSPS) is 11.1. The largest absolute Gasteiger partial charge is 0.298 e. The van der Waals surface area contributed by atoms with E-state index in [0.29, 0.717) is 29.3 Å². The number of hydrogen-bond acceptors (Lipinski definition) is 4. The van der Waals surface area contributed by atoms with Crippen LogP contribution in [0.3, 0.4) is 0 Å². The Kier molecular flexibility index (Phi) is 3.78. The molecule has 0 fully saturated rings. The van der Waals surface area contributed by atoms with E-state index >= 15 is 0 Å². The van der Waals surface area contributed by atoms with Crippen molar-refractivity contribution in [2.75, 3.05) is 0 Å². The number of carbonyl (C=O) groups excluding carboxylic acids is 2. The highest BCUT2D eigenvalue weighted by molar-refractivity contribution is 7.86. The molecule has 102 valence electrons. The maximum absolute atomic E-state index is 11.2. The summed E-state index contributed by atoms with van der Waals surface area (Å²) in [5, 5.41) is 0. The van der Waals surface area contributed by atoms with E-state index in [2.05, 4.69) is 0 Å². The van der Waals surface area contributed by atoms with Gasteiger partial charge >= 0.3 is 0 Å². The summed E-state index contributed by atoms with van der Waals surface area (Å²) in [7, 11) is -4.48. The average Bonchev–Trinajstić information content (AvgIpc) is 2.46. The third-order valence-corrected chi connectivity index (χ3v) is 3.71. The SMILES string of the molecule is O=Cc1ccc(-c2ccc(C=O)c(S(=O)(=O)O)c2)cc1. The zero-order valence-electron chi connectivity index (χ0n) is 10.2. The molecule has 0 aliphatic rings. The van der Waals surface area contributed by atoms with Crippen LogP contribution >= 0.6 is 0 Å². The molecule has 20 heavy (non-hydrogen) atoms. The first-order valence-corrected chi connectivity index (χ1v) is 7.02. The zero-order valence-corrected chi connectivity index (χ0v) is 11.0. The third kappa shape index (κ3) is 2.81. The predicted octanol–water partition coefficient (Wildman–Crippen LogP) is 2.23. The number of hydrogen-bond donors (Lipinski definition) is 1. The summed E-state index contributed by atoms with van der Waals surface area (Å²) in [6, 6.07) is 10.6. The molecule has 2 aromatic rings. The average molecular weight is 290 g/mol. The molecule has 0 unspecified atom stereocenters. The lowest BCUT2D eigenvalue weighted by atomic mass is 10.0. The summed E-state index contributed by atoms with van der Waals surface area (Å²) in [6.07, 6.45) is 1.06. The first kappa shape index (κ1) is 14.1. The number of aldehydes is 2. The Bertz CT molecular complexity index is 761. The van der Waals surface area contributed by atoms with Crippen molar-refractivity contribution in [2.24, 2.45) is 0 Å². The van der Waals surface area contributed by atoms with Crippen molar-refractivity contribution >= 4 is 22.7 Å². The molecular weight excluding hydrogens is 280 g/mol. The smallest absolute Gasteiger partial charge is 0.295 e. The number of rotatable bonds is 4. The van der Waals surface area contributed by atoms with Gasteiger partial charge in [-0.2, -0.15) is 8.42 Å². The fraction of sp³-hybridized carbons (Fsp3) is 0. The third-order valence-electron chi connectivity index (χ3n) is 2.80. The summed E-state index contributed by atoms with van der Waals surface area (Å²) in [5.41, 5.74) is 1.56. The molecule has 0 heterocycles. The van der Waals surface area contributed by atoms with Gasteiger partial charge in [0.2, 0.25) is 0 Å². The fourth-order valence-corrected chi connectivity index (χ4v) is 2.48.